The van der Waals surface area contributed by atoms with Crippen molar-refractivity contribution >= 4 is 27.3 Å². The summed E-state index contributed by atoms with van der Waals surface area (Å²) in [6, 6.07) is 3.18. The minimum atomic E-state index is -3.24. The first-order valence-corrected chi connectivity index (χ1v) is 8.32. The molecule has 0 bridgehead atoms. The predicted octanol–water partition coefficient (Wildman–Crippen LogP) is 2.55. The number of hydrogen-bond donors (Lipinski definition) is 1. The molecule has 1 aromatic rings. The van der Waals surface area contributed by atoms with Gasteiger partial charge in [0.15, 0.2) is 9.84 Å². The average molecular weight is 291 g/mol. The summed E-state index contributed by atoms with van der Waals surface area (Å²) in [6.45, 7) is 2.79. The molecule has 1 rings (SSSR count). The summed E-state index contributed by atoms with van der Waals surface area (Å²) in [4.78, 5) is 4.31. The lowest BCUT2D eigenvalue weighted by Crippen LogP contribution is -2.10. The van der Waals surface area contributed by atoms with Gasteiger partial charge in [0.2, 0.25) is 0 Å². The normalized spacial score (nSPS) is 13.3. The van der Waals surface area contributed by atoms with E-state index in [1.54, 1.807) is 18.3 Å². The highest BCUT2D eigenvalue weighted by molar-refractivity contribution is 7.90. The fraction of sp³-hybridized carbons (Fsp3) is 0.583. The first-order chi connectivity index (χ1) is 8.45. The Labute approximate surface area is 114 Å². The van der Waals surface area contributed by atoms with E-state index in [9.17, 15) is 8.42 Å². The number of rotatable bonds is 7. The van der Waals surface area contributed by atoms with Gasteiger partial charge in [-0.3, -0.25) is 0 Å². The third-order valence-corrected chi connectivity index (χ3v) is 4.25. The van der Waals surface area contributed by atoms with Crippen LogP contribution in [0.5, 0.6) is 0 Å². The SMILES string of the molecule is CC(CCl)CCCNc1ncccc1S(C)(=O)=O. The summed E-state index contributed by atoms with van der Waals surface area (Å²) in [7, 11) is -3.24. The Hall–Kier alpha value is -0.810. The molecule has 0 aliphatic rings. The van der Waals surface area contributed by atoms with Crippen LogP contribution in [0.1, 0.15) is 19.8 Å². The van der Waals surface area contributed by atoms with Crippen LogP contribution in [0.25, 0.3) is 0 Å². The van der Waals surface area contributed by atoms with Crippen LogP contribution in [-0.2, 0) is 9.84 Å². The lowest BCUT2D eigenvalue weighted by Gasteiger charge is -2.10. The highest BCUT2D eigenvalue weighted by atomic mass is 35.5. The Balaban J connectivity index is 2.58. The summed E-state index contributed by atoms with van der Waals surface area (Å²) in [5.41, 5.74) is 0. The molecule has 18 heavy (non-hydrogen) atoms. The maximum Gasteiger partial charge on any atom is 0.179 e. The van der Waals surface area contributed by atoms with Crippen molar-refractivity contribution in [1.29, 1.82) is 0 Å². The molecule has 1 atom stereocenters. The Bertz CT molecular complexity index is 477. The van der Waals surface area contributed by atoms with Gasteiger partial charge in [0.1, 0.15) is 10.7 Å². The number of anilines is 1. The van der Waals surface area contributed by atoms with Gasteiger partial charge in [0.05, 0.1) is 0 Å². The van der Waals surface area contributed by atoms with E-state index in [0.717, 1.165) is 12.8 Å². The molecule has 0 aliphatic heterocycles. The van der Waals surface area contributed by atoms with E-state index in [-0.39, 0.29) is 4.90 Å². The highest BCUT2D eigenvalue weighted by Crippen LogP contribution is 2.18. The molecule has 4 nitrogen and oxygen atoms in total. The smallest absolute Gasteiger partial charge is 0.179 e. The third-order valence-electron chi connectivity index (χ3n) is 2.60. The second-order valence-corrected chi connectivity index (χ2v) is 6.74. The Morgan fingerprint density at radius 2 is 2.22 bits per heavy atom. The molecule has 0 saturated carbocycles. The second kappa shape index (κ2) is 6.95. The van der Waals surface area contributed by atoms with Crippen molar-refractivity contribution in [1.82, 2.24) is 4.98 Å². The van der Waals surface area contributed by atoms with E-state index in [1.165, 1.54) is 6.26 Å². The average Bonchev–Trinajstić information content (AvgIpc) is 2.33. The fourth-order valence-electron chi connectivity index (χ4n) is 1.56. The number of aromatic nitrogens is 1. The molecule has 1 heterocycles. The maximum atomic E-state index is 11.5. The number of hydrogen-bond acceptors (Lipinski definition) is 4. The first kappa shape index (κ1) is 15.2. The topological polar surface area (TPSA) is 59.1 Å². The molecular weight excluding hydrogens is 272 g/mol. The van der Waals surface area contributed by atoms with Crippen LogP contribution in [0, 0.1) is 5.92 Å². The van der Waals surface area contributed by atoms with Gasteiger partial charge < -0.3 is 5.32 Å². The summed E-state index contributed by atoms with van der Waals surface area (Å²) in [5.74, 6) is 1.56. The molecule has 102 valence electrons. The molecule has 0 amide bonds. The van der Waals surface area contributed by atoms with Crippen LogP contribution in [0.3, 0.4) is 0 Å². The lowest BCUT2D eigenvalue weighted by molar-refractivity contribution is 0.572. The standard InChI is InChI=1S/C12H19ClN2O2S/c1-10(9-13)5-3-7-14-12-11(18(2,16)17)6-4-8-15-12/h4,6,8,10H,3,5,7,9H2,1-2H3,(H,14,15). The molecule has 0 spiro atoms. The molecule has 0 fully saturated rings. The minimum Gasteiger partial charge on any atom is -0.369 e. The second-order valence-electron chi connectivity index (χ2n) is 4.45. The van der Waals surface area contributed by atoms with E-state index in [0.29, 0.717) is 24.2 Å². The van der Waals surface area contributed by atoms with Gasteiger partial charge in [0, 0.05) is 24.9 Å². The Kier molecular flexibility index (Phi) is 5.88. The van der Waals surface area contributed by atoms with Gasteiger partial charge in [-0.2, -0.15) is 0 Å². The van der Waals surface area contributed by atoms with Crippen LogP contribution in [0.4, 0.5) is 5.82 Å². The summed E-state index contributed by atoms with van der Waals surface area (Å²) < 4.78 is 23.1. The molecule has 1 N–H and O–H groups in total. The van der Waals surface area contributed by atoms with Crippen LogP contribution >= 0.6 is 11.6 Å². The van der Waals surface area contributed by atoms with Crippen LogP contribution in [0.15, 0.2) is 23.2 Å². The third kappa shape index (κ3) is 4.82. The zero-order chi connectivity index (χ0) is 13.6. The van der Waals surface area contributed by atoms with E-state index in [4.69, 9.17) is 11.6 Å². The number of pyridine rings is 1. The molecule has 6 heteroatoms. The van der Waals surface area contributed by atoms with Crippen LogP contribution < -0.4 is 5.32 Å². The summed E-state index contributed by atoms with van der Waals surface area (Å²) in [5, 5.41) is 3.07. The van der Waals surface area contributed by atoms with Gasteiger partial charge in [-0.25, -0.2) is 13.4 Å². The quantitative estimate of drug-likeness (QED) is 0.619. The molecule has 0 radical (unpaired) electrons. The van der Waals surface area contributed by atoms with Crippen molar-refractivity contribution in [3.05, 3.63) is 18.3 Å². The van der Waals surface area contributed by atoms with Crippen molar-refractivity contribution in [2.45, 2.75) is 24.7 Å². The molecule has 1 unspecified atom stereocenters. The van der Waals surface area contributed by atoms with Crippen LogP contribution in [0.2, 0.25) is 0 Å². The zero-order valence-corrected chi connectivity index (χ0v) is 12.3. The number of halogens is 1. The lowest BCUT2D eigenvalue weighted by atomic mass is 10.1. The Morgan fingerprint density at radius 1 is 1.50 bits per heavy atom. The monoisotopic (exact) mass is 290 g/mol. The van der Waals surface area contributed by atoms with E-state index in [1.807, 2.05) is 0 Å². The summed E-state index contributed by atoms with van der Waals surface area (Å²) in [6.07, 6.45) is 4.72. The van der Waals surface area contributed by atoms with Crippen molar-refractivity contribution in [3.8, 4) is 0 Å². The van der Waals surface area contributed by atoms with Gasteiger partial charge >= 0.3 is 0 Å². The maximum absolute atomic E-state index is 11.5. The zero-order valence-electron chi connectivity index (χ0n) is 10.7. The van der Waals surface area contributed by atoms with E-state index >= 15 is 0 Å². The fourth-order valence-corrected chi connectivity index (χ4v) is 2.51. The summed E-state index contributed by atoms with van der Waals surface area (Å²) >= 11 is 5.72. The predicted molar refractivity (Wildman–Crippen MR) is 75.0 cm³/mol. The molecule has 1 aromatic heterocycles. The van der Waals surface area contributed by atoms with Crippen molar-refractivity contribution < 1.29 is 8.42 Å². The van der Waals surface area contributed by atoms with Gasteiger partial charge in [-0.05, 0) is 30.9 Å². The molecule has 0 aliphatic carbocycles. The number of alkyl halides is 1. The van der Waals surface area contributed by atoms with Gasteiger partial charge in [0.25, 0.3) is 0 Å². The van der Waals surface area contributed by atoms with Crippen molar-refractivity contribution in [2.75, 3.05) is 24.0 Å². The number of nitrogens with zero attached hydrogens (tertiary/aromatic N) is 1. The molecular formula is C12H19ClN2O2S. The molecule has 0 aromatic carbocycles. The minimum absolute atomic E-state index is 0.246. The van der Waals surface area contributed by atoms with Crippen LogP contribution in [-0.4, -0.2) is 32.1 Å². The highest BCUT2D eigenvalue weighted by Gasteiger charge is 2.13. The largest absolute Gasteiger partial charge is 0.369 e. The first-order valence-electron chi connectivity index (χ1n) is 5.90. The van der Waals surface area contributed by atoms with Crippen molar-refractivity contribution in [2.24, 2.45) is 5.92 Å². The Morgan fingerprint density at radius 3 is 2.83 bits per heavy atom. The van der Waals surface area contributed by atoms with Crippen molar-refractivity contribution in [3.63, 3.8) is 0 Å². The van der Waals surface area contributed by atoms with Gasteiger partial charge in [-0.1, -0.05) is 6.92 Å². The number of sulfone groups is 1. The van der Waals surface area contributed by atoms with E-state index < -0.39 is 9.84 Å². The van der Waals surface area contributed by atoms with Gasteiger partial charge in [-0.15, -0.1) is 11.6 Å². The number of nitrogens with one attached hydrogen (secondary N) is 1. The molecule has 0 saturated heterocycles. The van der Waals surface area contributed by atoms with E-state index in [2.05, 4.69) is 17.2 Å².